The van der Waals surface area contributed by atoms with Crippen molar-refractivity contribution in [3.05, 3.63) is 34.1 Å². The third-order valence-electron chi connectivity index (χ3n) is 9.33. The molecule has 3 aliphatic rings. The molecule has 2 aromatic rings. The van der Waals surface area contributed by atoms with Crippen LogP contribution in [0, 0.1) is 0 Å². The van der Waals surface area contributed by atoms with E-state index in [4.69, 9.17) is 73.3 Å². The standard InChI is InChI=1S/C32H48Cl2N20O2/c1-15(53-11-7-17(8-12-53)44-29(39)50-27(55)19-23(35)48-25(37)21(33)46-19)42-32(52-31(41)43-16-5-3-2-4-6-16)54-13-9-18(10-14-54)45-30(40)51-28(56)20-24(36)49-26(38)22(34)47-20/h16-18H,1-14H2,(H4,35,37,48)(H4,36,38,49)(H3,39,44,50,55)(H3,40,45,51,56)(H3,41,42,43,52). The largest absolute Gasteiger partial charge is 0.382 e. The van der Waals surface area contributed by atoms with Crippen LogP contribution < -0.4 is 56.1 Å². The number of aromatic nitrogens is 4. The molecular formula is C32H48Cl2N20O2. The molecule has 0 spiro atoms. The minimum Gasteiger partial charge on any atom is -0.382 e. The fraction of sp³-hybridized carbons (Fsp3) is 0.500. The van der Waals surface area contributed by atoms with Crippen LogP contribution in [0.3, 0.4) is 0 Å². The topological polar surface area (TPSA) is 360 Å². The summed E-state index contributed by atoms with van der Waals surface area (Å²) in [5.74, 6) is -0.887. The Morgan fingerprint density at radius 1 is 0.589 bits per heavy atom. The van der Waals surface area contributed by atoms with E-state index in [9.17, 15) is 9.59 Å². The molecule has 302 valence electrons. The summed E-state index contributed by atoms with van der Waals surface area (Å²) in [6, 6.07) is -0.228. The molecule has 0 bridgehead atoms. The van der Waals surface area contributed by atoms with Gasteiger partial charge in [0.15, 0.2) is 62.8 Å². The molecule has 1 saturated carbocycles. The van der Waals surface area contributed by atoms with Gasteiger partial charge in [0.25, 0.3) is 11.8 Å². The molecule has 0 aromatic carbocycles. The lowest BCUT2D eigenvalue weighted by Crippen LogP contribution is -2.51. The van der Waals surface area contributed by atoms with E-state index in [2.05, 4.69) is 52.5 Å². The van der Waals surface area contributed by atoms with Crippen molar-refractivity contribution < 1.29 is 9.59 Å². The summed E-state index contributed by atoms with van der Waals surface area (Å²) in [6.07, 6.45) is 7.79. The number of nitrogens with zero attached hydrogens (tertiary/aromatic N) is 10. The summed E-state index contributed by atoms with van der Waals surface area (Å²) in [5, 5.41) is 7.89. The molecule has 24 heteroatoms. The second kappa shape index (κ2) is 18.6. The van der Waals surface area contributed by atoms with Gasteiger partial charge >= 0.3 is 0 Å². The van der Waals surface area contributed by atoms with E-state index in [0.29, 0.717) is 63.6 Å². The zero-order chi connectivity index (χ0) is 40.5. The number of piperidine rings is 2. The van der Waals surface area contributed by atoms with Gasteiger partial charge in [-0.25, -0.2) is 34.9 Å². The highest BCUT2D eigenvalue weighted by molar-refractivity contribution is 6.32. The molecule has 2 amide bonds. The first kappa shape index (κ1) is 41.3. The van der Waals surface area contributed by atoms with Crippen LogP contribution >= 0.6 is 23.2 Å². The molecule has 56 heavy (non-hydrogen) atoms. The normalized spacial score (nSPS) is 18.5. The van der Waals surface area contributed by atoms with Crippen molar-refractivity contribution in [1.29, 1.82) is 0 Å². The lowest BCUT2D eigenvalue weighted by Gasteiger charge is -2.35. The monoisotopic (exact) mass is 814 g/mol. The van der Waals surface area contributed by atoms with Crippen molar-refractivity contribution in [1.82, 2.24) is 45.7 Å². The van der Waals surface area contributed by atoms with Crippen LogP contribution in [0.2, 0.25) is 10.3 Å². The predicted octanol–water partition coefficient (Wildman–Crippen LogP) is -0.316. The maximum Gasteiger partial charge on any atom is 0.280 e. The molecule has 4 heterocycles. The maximum atomic E-state index is 12.7. The first-order valence-corrected chi connectivity index (χ1v) is 18.8. The number of carbonyl (C=O) groups excluding carboxylic acids is 2. The number of likely N-dealkylation sites (tertiary alicyclic amines) is 2. The van der Waals surface area contributed by atoms with E-state index in [-0.39, 0.29) is 81.0 Å². The summed E-state index contributed by atoms with van der Waals surface area (Å²) < 4.78 is 0. The minimum atomic E-state index is -0.715. The van der Waals surface area contributed by atoms with Gasteiger partial charge in [0.05, 0.1) is 18.1 Å². The Kier molecular flexibility index (Phi) is 13.7. The molecule has 2 saturated heterocycles. The molecule has 0 unspecified atom stereocenters. The summed E-state index contributed by atoms with van der Waals surface area (Å²) in [5.41, 5.74) is 40.9. The Hall–Kier alpha value is -5.90. The molecule has 17 N–H and O–H groups in total. The molecular weight excluding hydrogens is 767 g/mol. The van der Waals surface area contributed by atoms with Gasteiger partial charge in [0.1, 0.15) is 5.82 Å². The Labute approximate surface area is 332 Å². The quantitative estimate of drug-likeness (QED) is 0.126. The van der Waals surface area contributed by atoms with Crippen molar-refractivity contribution in [3.8, 4) is 0 Å². The number of hydrogen-bond acceptors (Lipinski definition) is 15. The fourth-order valence-electron chi connectivity index (χ4n) is 6.41. The second-order valence-electron chi connectivity index (χ2n) is 13.4. The van der Waals surface area contributed by atoms with Gasteiger partial charge in [-0.1, -0.05) is 49.0 Å². The van der Waals surface area contributed by atoms with E-state index in [1.54, 1.807) is 0 Å². The van der Waals surface area contributed by atoms with Gasteiger partial charge in [-0.3, -0.25) is 25.5 Å². The maximum absolute atomic E-state index is 12.7. The second-order valence-corrected chi connectivity index (χ2v) is 14.1. The zero-order valence-electron chi connectivity index (χ0n) is 30.7. The van der Waals surface area contributed by atoms with Crippen molar-refractivity contribution in [2.45, 2.75) is 75.9 Å². The molecule has 0 radical (unpaired) electrons. The van der Waals surface area contributed by atoms with Crippen LogP contribution in [0.5, 0.6) is 0 Å². The number of halogens is 2. The van der Waals surface area contributed by atoms with E-state index in [0.717, 1.165) is 25.7 Å². The molecule has 2 aromatic heterocycles. The number of guanidine groups is 4. The summed E-state index contributed by atoms with van der Waals surface area (Å²) in [6.45, 7) is 6.48. The van der Waals surface area contributed by atoms with Gasteiger partial charge in [0, 0.05) is 26.2 Å². The first-order chi connectivity index (χ1) is 26.7. The number of nitrogens with two attached hydrogens (primary N) is 7. The number of rotatable bonds is 7. The Bertz CT molecular complexity index is 1910. The van der Waals surface area contributed by atoms with E-state index < -0.39 is 11.8 Å². The minimum absolute atomic E-state index is 0.0928. The Morgan fingerprint density at radius 2 is 0.982 bits per heavy atom. The molecule has 5 rings (SSSR count). The van der Waals surface area contributed by atoms with E-state index in [1.807, 2.05) is 9.80 Å². The SMILES string of the molecule is C=C(N=C(NC(N)=NC1CCCCC1)N1CCC(N=C(N)NC(=O)c2nc(Cl)c(N)nc2N)CC1)N1CCC(N=C(N)NC(=O)c2nc(Cl)c(N)nc2N)CC1. The summed E-state index contributed by atoms with van der Waals surface area (Å²) >= 11 is 11.8. The predicted molar refractivity (Wildman–Crippen MR) is 217 cm³/mol. The van der Waals surface area contributed by atoms with Crippen molar-refractivity contribution >= 4 is 82.1 Å². The van der Waals surface area contributed by atoms with Crippen LogP contribution in [0.15, 0.2) is 32.4 Å². The molecule has 22 nitrogen and oxygen atoms in total. The highest BCUT2D eigenvalue weighted by atomic mass is 35.5. The molecule has 1 aliphatic carbocycles. The van der Waals surface area contributed by atoms with Gasteiger partial charge in [0.2, 0.25) is 5.96 Å². The zero-order valence-corrected chi connectivity index (χ0v) is 32.2. The van der Waals surface area contributed by atoms with Crippen LogP contribution in [-0.2, 0) is 0 Å². The lowest BCUT2D eigenvalue weighted by atomic mass is 9.96. The number of nitrogens with one attached hydrogen (secondary N) is 3. The molecule has 3 fully saturated rings. The number of aliphatic imine (C=N–C) groups is 4. The van der Waals surface area contributed by atoms with Gasteiger partial charge in [-0.05, 0) is 38.5 Å². The Morgan fingerprint density at radius 3 is 1.43 bits per heavy atom. The first-order valence-electron chi connectivity index (χ1n) is 18.0. The summed E-state index contributed by atoms with van der Waals surface area (Å²) in [4.78, 5) is 63.5. The smallest absolute Gasteiger partial charge is 0.280 e. The Balaban J connectivity index is 1.20. The lowest BCUT2D eigenvalue weighted by molar-refractivity contribution is 0.0963. The van der Waals surface area contributed by atoms with Gasteiger partial charge in [-0.2, -0.15) is 4.99 Å². The van der Waals surface area contributed by atoms with Crippen LogP contribution in [0.4, 0.5) is 23.3 Å². The van der Waals surface area contributed by atoms with Gasteiger partial charge in [-0.15, -0.1) is 0 Å². The third-order valence-corrected chi connectivity index (χ3v) is 9.89. The highest BCUT2D eigenvalue weighted by Gasteiger charge is 2.26. The summed E-state index contributed by atoms with van der Waals surface area (Å²) in [7, 11) is 0. The number of anilines is 4. The van der Waals surface area contributed by atoms with Crippen LogP contribution in [0.25, 0.3) is 0 Å². The van der Waals surface area contributed by atoms with Crippen LogP contribution in [0.1, 0.15) is 78.8 Å². The highest BCUT2D eigenvalue weighted by Crippen LogP contribution is 2.22. The van der Waals surface area contributed by atoms with Crippen molar-refractivity contribution in [3.63, 3.8) is 0 Å². The van der Waals surface area contributed by atoms with E-state index in [1.165, 1.54) is 6.42 Å². The number of nitrogen functional groups attached to an aromatic ring is 4. The van der Waals surface area contributed by atoms with Crippen molar-refractivity contribution in [2.75, 3.05) is 49.1 Å². The fourth-order valence-corrected chi connectivity index (χ4v) is 6.66. The van der Waals surface area contributed by atoms with E-state index >= 15 is 0 Å². The van der Waals surface area contributed by atoms with Crippen LogP contribution in [-0.4, -0.2) is 110 Å². The molecule has 0 atom stereocenters. The average Bonchev–Trinajstić information content (AvgIpc) is 3.15. The number of carbonyl (C=O) groups is 2. The average molecular weight is 816 g/mol. The van der Waals surface area contributed by atoms with Crippen molar-refractivity contribution in [2.24, 2.45) is 37.2 Å². The molecule has 2 aliphatic heterocycles. The van der Waals surface area contributed by atoms with Gasteiger partial charge < -0.3 is 49.9 Å². The third kappa shape index (κ3) is 11.1. The number of amides is 2. The number of hydrogen-bond donors (Lipinski definition) is 10.